The third kappa shape index (κ3) is 1.92. The Morgan fingerprint density at radius 1 is 1.44 bits per heavy atom. The van der Waals surface area contributed by atoms with Crippen molar-refractivity contribution in [3.8, 4) is 10.4 Å². The molecule has 0 bridgehead atoms. The Labute approximate surface area is 94.7 Å². The molecular formula is C10H7FN2O2S. The third-order valence-electron chi connectivity index (χ3n) is 1.90. The number of hydrogen-bond donors (Lipinski definition) is 0. The van der Waals surface area contributed by atoms with Crippen LogP contribution in [-0.2, 0) is 4.74 Å². The van der Waals surface area contributed by atoms with Gasteiger partial charge >= 0.3 is 5.97 Å². The Kier molecular flexibility index (Phi) is 2.91. The number of thiophene rings is 1. The summed E-state index contributed by atoms with van der Waals surface area (Å²) in [5.41, 5.74) is 0.542. The van der Waals surface area contributed by atoms with E-state index < -0.39 is 11.8 Å². The first-order chi connectivity index (χ1) is 7.72. The van der Waals surface area contributed by atoms with Gasteiger partial charge in [-0.25, -0.2) is 19.2 Å². The van der Waals surface area contributed by atoms with Crippen LogP contribution in [0.25, 0.3) is 10.4 Å². The number of ether oxygens (including phenoxy) is 1. The van der Waals surface area contributed by atoms with Gasteiger partial charge < -0.3 is 4.74 Å². The second kappa shape index (κ2) is 4.36. The van der Waals surface area contributed by atoms with Crippen molar-refractivity contribution in [2.24, 2.45) is 0 Å². The minimum Gasteiger partial charge on any atom is -0.465 e. The largest absolute Gasteiger partial charge is 0.465 e. The van der Waals surface area contributed by atoms with Crippen molar-refractivity contribution in [1.29, 1.82) is 0 Å². The minimum atomic E-state index is -0.549. The van der Waals surface area contributed by atoms with Crippen LogP contribution in [0.5, 0.6) is 0 Å². The molecule has 2 rings (SSSR count). The SMILES string of the molecule is COC(=O)c1cc(F)c(-c2cncnc2)s1. The Morgan fingerprint density at radius 3 is 2.75 bits per heavy atom. The Hall–Kier alpha value is -1.82. The van der Waals surface area contributed by atoms with Crippen LogP contribution in [0.3, 0.4) is 0 Å². The first-order valence-corrected chi connectivity index (χ1v) is 5.17. The lowest BCUT2D eigenvalue weighted by Crippen LogP contribution is -1.96. The number of carbonyl (C=O) groups excluding carboxylic acids is 1. The quantitative estimate of drug-likeness (QED) is 0.752. The number of carbonyl (C=O) groups is 1. The molecule has 0 aliphatic heterocycles. The maximum atomic E-state index is 13.5. The van der Waals surface area contributed by atoms with Gasteiger partial charge in [-0.3, -0.25) is 0 Å². The summed E-state index contributed by atoms with van der Waals surface area (Å²) in [5.74, 6) is -1.02. The number of halogens is 1. The van der Waals surface area contributed by atoms with Gasteiger partial charge in [-0.2, -0.15) is 0 Å². The van der Waals surface area contributed by atoms with E-state index in [-0.39, 0.29) is 4.88 Å². The van der Waals surface area contributed by atoms with Gasteiger partial charge in [0, 0.05) is 18.0 Å². The van der Waals surface area contributed by atoms with Gasteiger partial charge in [0.05, 0.1) is 12.0 Å². The first kappa shape index (κ1) is 10.7. The van der Waals surface area contributed by atoms with Crippen LogP contribution in [-0.4, -0.2) is 23.0 Å². The highest BCUT2D eigenvalue weighted by Gasteiger charge is 2.16. The number of nitrogens with zero attached hydrogens (tertiary/aromatic N) is 2. The summed E-state index contributed by atoms with van der Waals surface area (Å²) >= 11 is 1.02. The summed E-state index contributed by atoms with van der Waals surface area (Å²) in [5, 5.41) is 0. The molecule has 16 heavy (non-hydrogen) atoms. The average Bonchev–Trinajstić information content (AvgIpc) is 2.71. The van der Waals surface area contributed by atoms with Crippen LogP contribution in [0.15, 0.2) is 24.8 Å². The molecule has 0 aliphatic carbocycles. The highest BCUT2D eigenvalue weighted by atomic mass is 32.1. The lowest BCUT2D eigenvalue weighted by Gasteiger charge is -1.94. The zero-order valence-corrected chi connectivity index (χ0v) is 9.12. The first-order valence-electron chi connectivity index (χ1n) is 4.35. The van der Waals surface area contributed by atoms with Gasteiger partial charge in [0.1, 0.15) is 17.0 Å². The van der Waals surface area contributed by atoms with Crippen molar-refractivity contribution in [3.63, 3.8) is 0 Å². The Morgan fingerprint density at radius 2 is 2.12 bits per heavy atom. The molecule has 2 aromatic rings. The summed E-state index contributed by atoms with van der Waals surface area (Å²) < 4.78 is 18.1. The monoisotopic (exact) mass is 238 g/mol. The minimum absolute atomic E-state index is 0.221. The highest BCUT2D eigenvalue weighted by molar-refractivity contribution is 7.17. The van der Waals surface area contributed by atoms with Crippen LogP contribution in [0.4, 0.5) is 4.39 Å². The van der Waals surface area contributed by atoms with Crippen LogP contribution in [0, 0.1) is 5.82 Å². The molecule has 0 saturated heterocycles. The Balaban J connectivity index is 2.44. The van der Waals surface area contributed by atoms with E-state index in [1.807, 2.05) is 0 Å². The number of aromatic nitrogens is 2. The van der Waals surface area contributed by atoms with Gasteiger partial charge in [0.15, 0.2) is 0 Å². The van der Waals surface area contributed by atoms with Crippen LogP contribution < -0.4 is 0 Å². The normalized spacial score (nSPS) is 10.1. The molecule has 2 aromatic heterocycles. The number of rotatable bonds is 2. The van der Waals surface area contributed by atoms with Crippen molar-refractivity contribution >= 4 is 17.3 Å². The van der Waals surface area contributed by atoms with Crippen LogP contribution in [0.2, 0.25) is 0 Å². The summed E-state index contributed by atoms with van der Waals surface area (Å²) in [6, 6.07) is 1.15. The van der Waals surface area contributed by atoms with Crippen LogP contribution in [0.1, 0.15) is 9.67 Å². The standard InChI is InChI=1S/C10H7FN2O2S/c1-15-10(14)8-2-7(11)9(16-8)6-3-12-5-13-4-6/h2-5H,1H3. The number of esters is 1. The van der Waals surface area contributed by atoms with E-state index >= 15 is 0 Å². The van der Waals surface area contributed by atoms with Crippen molar-refractivity contribution in [1.82, 2.24) is 9.97 Å². The molecule has 0 aliphatic rings. The molecule has 0 amide bonds. The van der Waals surface area contributed by atoms with E-state index in [9.17, 15) is 9.18 Å². The fourth-order valence-electron chi connectivity index (χ4n) is 1.18. The Bertz CT molecular complexity index is 513. The van der Waals surface area contributed by atoms with E-state index in [0.29, 0.717) is 10.4 Å². The molecule has 0 fully saturated rings. The topological polar surface area (TPSA) is 52.1 Å². The summed E-state index contributed by atoms with van der Waals surface area (Å²) in [4.78, 5) is 19.3. The van der Waals surface area contributed by atoms with Crippen molar-refractivity contribution in [2.45, 2.75) is 0 Å². The fraction of sp³-hybridized carbons (Fsp3) is 0.100. The van der Waals surface area contributed by atoms with Crippen molar-refractivity contribution in [3.05, 3.63) is 35.5 Å². The molecule has 0 unspecified atom stereocenters. The molecule has 0 atom stereocenters. The number of hydrogen-bond acceptors (Lipinski definition) is 5. The van der Waals surface area contributed by atoms with Crippen LogP contribution >= 0.6 is 11.3 Å². The van der Waals surface area contributed by atoms with Crippen molar-refractivity contribution in [2.75, 3.05) is 7.11 Å². The lowest BCUT2D eigenvalue weighted by atomic mass is 10.3. The maximum absolute atomic E-state index is 13.5. The van der Waals surface area contributed by atoms with Gasteiger partial charge in [-0.15, -0.1) is 11.3 Å². The lowest BCUT2D eigenvalue weighted by molar-refractivity contribution is 0.0606. The highest BCUT2D eigenvalue weighted by Crippen LogP contribution is 2.30. The zero-order chi connectivity index (χ0) is 11.5. The molecule has 0 radical (unpaired) electrons. The molecule has 6 heteroatoms. The second-order valence-electron chi connectivity index (χ2n) is 2.91. The van der Waals surface area contributed by atoms with Gasteiger partial charge in [0.2, 0.25) is 0 Å². The molecule has 0 spiro atoms. The van der Waals surface area contributed by atoms with Gasteiger partial charge in [-0.1, -0.05) is 0 Å². The summed E-state index contributed by atoms with van der Waals surface area (Å²) in [6.07, 6.45) is 4.34. The molecule has 0 N–H and O–H groups in total. The van der Waals surface area contributed by atoms with Gasteiger partial charge in [0.25, 0.3) is 0 Å². The molecule has 0 saturated carbocycles. The van der Waals surface area contributed by atoms with E-state index in [1.165, 1.54) is 25.8 Å². The fourth-order valence-corrected chi connectivity index (χ4v) is 2.11. The molecule has 0 aromatic carbocycles. The third-order valence-corrected chi connectivity index (χ3v) is 3.04. The average molecular weight is 238 g/mol. The summed E-state index contributed by atoms with van der Waals surface area (Å²) in [7, 11) is 1.26. The molecular weight excluding hydrogens is 231 g/mol. The predicted molar refractivity (Wildman–Crippen MR) is 56.6 cm³/mol. The van der Waals surface area contributed by atoms with E-state index in [2.05, 4.69) is 14.7 Å². The maximum Gasteiger partial charge on any atom is 0.348 e. The van der Waals surface area contributed by atoms with E-state index in [4.69, 9.17) is 0 Å². The van der Waals surface area contributed by atoms with E-state index in [0.717, 1.165) is 17.4 Å². The second-order valence-corrected chi connectivity index (χ2v) is 3.96. The molecule has 2 heterocycles. The van der Waals surface area contributed by atoms with Crippen molar-refractivity contribution < 1.29 is 13.9 Å². The molecule has 4 nitrogen and oxygen atoms in total. The van der Waals surface area contributed by atoms with E-state index in [1.54, 1.807) is 0 Å². The predicted octanol–water partition coefficient (Wildman–Crippen LogP) is 2.13. The van der Waals surface area contributed by atoms with Gasteiger partial charge in [-0.05, 0) is 6.07 Å². The molecule has 82 valence electrons. The summed E-state index contributed by atoms with van der Waals surface area (Å²) in [6.45, 7) is 0. The zero-order valence-electron chi connectivity index (χ0n) is 8.31. The smallest absolute Gasteiger partial charge is 0.348 e. The number of methoxy groups -OCH3 is 1.